The summed E-state index contributed by atoms with van der Waals surface area (Å²) in [5.41, 5.74) is 4.51. The Labute approximate surface area is 175 Å². The molecular formula is C23H26N2O5. The van der Waals surface area contributed by atoms with E-state index < -0.39 is 18.1 Å². The normalized spacial score (nSPS) is 13.1. The van der Waals surface area contributed by atoms with Crippen molar-refractivity contribution >= 4 is 18.0 Å². The first-order chi connectivity index (χ1) is 14.4. The van der Waals surface area contributed by atoms with Crippen molar-refractivity contribution < 1.29 is 24.2 Å². The van der Waals surface area contributed by atoms with E-state index in [0.29, 0.717) is 6.54 Å². The van der Waals surface area contributed by atoms with Crippen LogP contribution in [0.1, 0.15) is 37.3 Å². The topological polar surface area (TPSA) is 95.9 Å². The number of alkyl carbamates (subject to hydrolysis) is 1. The van der Waals surface area contributed by atoms with E-state index in [9.17, 15) is 14.4 Å². The van der Waals surface area contributed by atoms with E-state index in [0.717, 1.165) is 22.3 Å². The van der Waals surface area contributed by atoms with E-state index in [1.807, 2.05) is 36.4 Å². The van der Waals surface area contributed by atoms with Crippen LogP contribution in [0.5, 0.6) is 0 Å². The number of nitrogens with zero attached hydrogens (tertiary/aromatic N) is 1. The molecule has 7 heteroatoms. The highest BCUT2D eigenvalue weighted by molar-refractivity contribution is 5.85. The van der Waals surface area contributed by atoms with Crippen LogP contribution in [-0.4, -0.2) is 53.7 Å². The Hall–Kier alpha value is -3.35. The Morgan fingerprint density at radius 1 is 1.07 bits per heavy atom. The van der Waals surface area contributed by atoms with E-state index in [1.54, 1.807) is 13.8 Å². The molecule has 1 aliphatic carbocycles. The maximum absolute atomic E-state index is 12.5. The maximum atomic E-state index is 12.5. The summed E-state index contributed by atoms with van der Waals surface area (Å²) in [5, 5.41) is 11.4. The van der Waals surface area contributed by atoms with E-state index >= 15 is 0 Å². The summed E-state index contributed by atoms with van der Waals surface area (Å²) in [6.07, 6.45) is -0.816. The van der Waals surface area contributed by atoms with E-state index in [1.165, 1.54) is 4.90 Å². The van der Waals surface area contributed by atoms with Crippen molar-refractivity contribution in [3.8, 4) is 11.1 Å². The predicted molar refractivity (Wildman–Crippen MR) is 112 cm³/mol. The predicted octanol–water partition coefficient (Wildman–Crippen LogP) is 3.24. The number of aliphatic carboxylic acids is 1. The van der Waals surface area contributed by atoms with Crippen LogP contribution in [-0.2, 0) is 14.3 Å². The monoisotopic (exact) mass is 410 g/mol. The number of hydrogen-bond donors (Lipinski definition) is 2. The quantitative estimate of drug-likeness (QED) is 0.697. The van der Waals surface area contributed by atoms with Gasteiger partial charge in [-0.1, -0.05) is 48.5 Å². The molecule has 0 saturated heterocycles. The van der Waals surface area contributed by atoms with Gasteiger partial charge in [0.05, 0.1) is 6.42 Å². The van der Waals surface area contributed by atoms with Crippen molar-refractivity contribution in [3.63, 3.8) is 0 Å². The van der Waals surface area contributed by atoms with Gasteiger partial charge >= 0.3 is 12.1 Å². The van der Waals surface area contributed by atoms with Crippen LogP contribution >= 0.6 is 0 Å². The van der Waals surface area contributed by atoms with Crippen molar-refractivity contribution in [1.29, 1.82) is 0 Å². The minimum Gasteiger partial charge on any atom is -0.481 e. The van der Waals surface area contributed by atoms with Crippen LogP contribution in [0.4, 0.5) is 4.79 Å². The number of amides is 2. The molecule has 30 heavy (non-hydrogen) atoms. The highest BCUT2D eigenvalue weighted by atomic mass is 16.5. The van der Waals surface area contributed by atoms with Crippen molar-refractivity contribution in [2.75, 3.05) is 19.7 Å². The number of hydrogen-bond acceptors (Lipinski definition) is 4. The second-order valence-electron chi connectivity index (χ2n) is 7.25. The molecular weight excluding hydrogens is 384 g/mol. The number of carbonyl (C=O) groups excluding carboxylic acids is 2. The van der Waals surface area contributed by atoms with Crippen LogP contribution in [0.15, 0.2) is 48.5 Å². The van der Waals surface area contributed by atoms with Gasteiger partial charge in [0.1, 0.15) is 12.6 Å². The molecule has 0 spiro atoms. The maximum Gasteiger partial charge on any atom is 0.407 e. The molecule has 2 amide bonds. The van der Waals surface area contributed by atoms with Crippen LogP contribution in [0, 0.1) is 0 Å². The minimum absolute atomic E-state index is 0.0585. The second kappa shape index (κ2) is 9.43. The van der Waals surface area contributed by atoms with Gasteiger partial charge < -0.3 is 20.1 Å². The third-order valence-corrected chi connectivity index (χ3v) is 5.34. The fraction of sp³-hybridized carbons (Fsp3) is 0.348. The molecule has 0 fully saturated rings. The third-order valence-electron chi connectivity index (χ3n) is 5.34. The lowest BCUT2D eigenvalue weighted by atomic mass is 9.98. The summed E-state index contributed by atoms with van der Waals surface area (Å²) >= 11 is 0. The fourth-order valence-electron chi connectivity index (χ4n) is 3.81. The molecule has 2 aromatic rings. The molecule has 0 aliphatic heterocycles. The Bertz CT molecular complexity index is 897. The Morgan fingerprint density at radius 2 is 1.63 bits per heavy atom. The van der Waals surface area contributed by atoms with E-state index in [-0.39, 0.29) is 31.4 Å². The van der Waals surface area contributed by atoms with Crippen LogP contribution in [0.25, 0.3) is 11.1 Å². The van der Waals surface area contributed by atoms with Crippen molar-refractivity contribution in [2.45, 2.75) is 32.2 Å². The van der Waals surface area contributed by atoms with Gasteiger partial charge in [-0.15, -0.1) is 0 Å². The van der Waals surface area contributed by atoms with E-state index in [2.05, 4.69) is 17.4 Å². The second-order valence-corrected chi connectivity index (χ2v) is 7.25. The number of rotatable bonds is 8. The molecule has 1 atom stereocenters. The molecule has 158 valence electrons. The fourth-order valence-corrected chi connectivity index (χ4v) is 3.81. The number of ether oxygens (including phenoxy) is 1. The molecule has 0 bridgehead atoms. The van der Waals surface area contributed by atoms with Crippen LogP contribution < -0.4 is 5.32 Å². The van der Waals surface area contributed by atoms with E-state index in [4.69, 9.17) is 9.84 Å². The SMILES string of the molecule is CCN(CCC(=O)O)C(=O)[C@H](C)NC(=O)OCC1c2ccccc2-c2ccccc21. The molecule has 0 saturated carbocycles. The average Bonchev–Trinajstić information content (AvgIpc) is 3.06. The number of fused-ring (bicyclic) bond motifs is 3. The van der Waals surface area contributed by atoms with Gasteiger partial charge in [-0.25, -0.2) is 4.79 Å². The number of carboxylic acid groups (broad SMARTS) is 1. The zero-order chi connectivity index (χ0) is 21.7. The number of carboxylic acids is 1. The lowest BCUT2D eigenvalue weighted by Crippen LogP contribution is -2.47. The van der Waals surface area contributed by atoms with Crippen molar-refractivity contribution in [3.05, 3.63) is 59.7 Å². The van der Waals surface area contributed by atoms with Gasteiger partial charge in [-0.2, -0.15) is 0 Å². The molecule has 1 aliphatic rings. The summed E-state index contributed by atoms with van der Waals surface area (Å²) < 4.78 is 5.46. The first-order valence-electron chi connectivity index (χ1n) is 10.0. The Kier molecular flexibility index (Phi) is 6.72. The van der Waals surface area contributed by atoms with Crippen LogP contribution in [0.3, 0.4) is 0 Å². The minimum atomic E-state index is -0.974. The number of nitrogens with one attached hydrogen (secondary N) is 1. The number of likely N-dealkylation sites (N-methyl/N-ethyl adjacent to an activating group) is 1. The summed E-state index contributed by atoms with van der Waals surface area (Å²) in [4.78, 5) is 36.9. The summed E-state index contributed by atoms with van der Waals surface area (Å²) in [6, 6.07) is 15.3. The molecule has 0 aromatic heterocycles. The smallest absolute Gasteiger partial charge is 0.407 e. The Balaban J connectivity index is 1.59. The highest BCUT2D eigenvalue weighted by Gasteiger charge is 2.29. The highest BCUT2D eigenvalue weighted by Crippen LogP contribution is 2.44. The first kappa shape index (κ1) is 21.4. The summed E-state index contributed by atoms with van der Waals surface area (Å²) in [7, 11) is 0. The van der Waals surface area contributed by atoms with Crippen molar-refractivity contribution in [2.24, 2.45) is 0 Å². The standard InChI is InChI=1S/C23H26N2O5/c1-3-25(13-12-21(26)27)22(28)15(2)24-23(29)30-14-20-18-10-6-4-8-16(18)17-9-5-7-11-19(17)20/h4-11,15,20H,3,12-14H2,1-2H3,(H,24,29)(H,26,27)/t15-/m0/s1. The van der Waals surface area contributed by atoms with Gasteiger partial charge in [0.2, 0.25) is 5.91 Å². The largest absolute Gasteiger partial charge is 0.481 e. The average molecular weight is 410 g/mol. The molecule has 3 rings (SSSR count). The molecule has 2 N–H and O–H groups in total. The summed E-state index contributed by atoms with van der Waals surface area (Å²) in [5.74, 6) is -1.37. The molecule has 2 aromatic carbocycles. The molecule has 0 unspecified atom stereocenters. The van der Waals surface area contributed by atoms with Gasteiger partial charge in [-0.3, -0.25) is 9.59 Å². The lowest BCUT2D eigenvalue weighted by molar-refractivity contribution is -0.138. The number of benzene rings is 2. The van der Waals surface area contributed by atoms with Gasteiger partial charge in [0.25, 0.3) is 0 Å². The lowest BCUT2D eigenvalue weighted by Gasteiger charge is -2.24. The molecule has 0 heterocycles. The zero-order valence-electron chi connectivity index (χ0n) is 17.1. The first-order valence-corrected chi connectivity index (χ1v) is 10.0. The van der Waals surface area contributed by atoms with Gasteiger partial charge in [0.15, 0.2) is 0 Å². The van der Waals surface area contributed by atoms with Gasteiger partial charge in [0, 0.05) is 19.0 Å². The Morgan fingerprint density at radius 3 is 2.17 bits per heavy atom. The van der Waals surface area contributed by atoms with Gasteiger partial charge in [-0.05, 0) is 36.1 Å². The molecule has 7 nitrogen and oxygen atoms in total. The van der Waals surface area contributed by atoms with Crippen LogP contribution in [0.2, 0.25) is 0 Å². The molecule has 0 radical (unpaired) electrons. The zero-order valence-corrected chi connectivity index (χ0v) is 17.1. The van der Waals surface area contributed by atoms with Crippen molar-refractivity contribution in [1.82, 2.24) is 10.2 Å². The summed E-state index contributed by atoms with van der Waals surface area (Å²) in [6.45, 7) is 3.95. The third kappa shape index (κ3) is 4.62. The number of carbonyl (C=O) groups is 3.